The lowest BCUT2D eigenvalue weighted by Gasteiger charge is -2.25. The van der Waals surface area contributed by atoms with Crippen LogP contribution in [-0.2, 0) is 20.9 Å². The van der Waals surface area contributed by atoms with Crippen molar-refractivity contribution in [3.05, 3.63) is 94.6 Å². The van der Waals surface area contributed by atoms with Gasteiger partial charge in [0.05, 0.1) is 32.4 Å². The van der Waals surface area contributed by atoms with Crippen LogP contribution in [0.1, 0.15) is 28.3 Å². The third-order valence-corrected chi connectivity index (χ3v) is 6.58. The SMILES string of the molecule is COCCN1C(=O)C(=O)C(=C(O)c2ccc(OCc3ccccc3C)cc2)[C@H]1c1ccc(OC)c(OC)c1. The Morgan fingerprint density at radius 3 is 2.29 bits per heavy atom. The zero-order valence-corrected chi connectivity index (χ0v) is 21.9. The van der Waals surface area contributed by atoms with Crippen LogP contribution in [0.2, 0.25) is 0 Å². The number of carbonyl (C=O) groups excluding carboxylic acids is 2. The van der Waals surface area contributed by atoms with E-state index >= 15 is 0 Å². The quantitative estimate of drug-likeness (QED) is 0.237. The minimum atomic E-state index is -0.832. The third-order valence-electron chi connectivity index (χ3n) is 6.58. The fourth-order valence-electron chi connectivity index (χ4n) is 4.47. The molecule has 1 aliphatic rings. The first kappa shape index (κ1) is 26.8. The smallest absolute Gasteiger partial charge is 0.295 e. The summed E-state index contributed by atoms with van der Waals surface area (Å²) >= 11 is 0. The minimum absolute atomic E-state index is 0.00750. The second kappa shape index (κ2) is 11.8. The van der Waals surface area contributed by atoms with E-state index in [2.05, 4.69) is 0 Å². The van der Waals surface area contributed by atoms with E-state index in [1.165, 1.54) is 26.2 Å². The number of likely N-dealkylation sites (tertiary alicyclic amines) is 1. The summed E-state index contributed by atoms with van der Waals surface area (Å²) in [4.78, 5) is 27.6. The fourth-order valence-corrected chi connectivity index (χ4v) is 4.47. The first-order valence-electron chi connectivity index (χ1n) is 12.2. The number of rotatable bonds is 10. The van der Waals surface area contributed by atoms with Crippen molar-refractivity contribution < 1.29 is 33.6 Å². The van der Waals surface area contributed by atoms with Gasteiger partial charge >= 0.3 is 0 Å². The third kappa shape index (κ3) is 5.35. The Labute approximate surface area is 222 Å². The van der Waals surface area contributed by atoms with Gasteiger partial charge in [-0.3, -0.25) is 9.59 Å². The summed E-state index contributed by atoms with van der Waals surface area (Å²) in [7, 11) is 4.55. The van der Waals surface area contributed by atoms with Gasteiger partial charge in [0.15, 0.2) is 11.5 Å². The maximum absolute atomic E-state index is 13.2. The minimum Gasteiger partial charge on any atom is -0.507 e. The maximum Gasteiger partial charge on any atom is 0.295 e. The zero-order valence-electron chi connectivity index (χ0n) is 21.9. The van der Waals surface area contributed by atoms with Crippen LogP contribution in [0, 0.1) is 6.92 Å². The molecule has 0 spiro atoms. The van der Waals surface area contributed by atoms with Crippen LogP contribution in [0.3, 0.4) is 0 Å². The van der Waals surface area contributed by atoms with Crippen molar-refractivity contribution in [1.82, 2.24) is 4.90 Å². The number of aryl methyl sites for hydroxylation is 1. The van der Waals surface area contributed by atoms with E-state index in [1.807, 2.05) is 31.2 Å². The lowest BCUT2D eigenvalue weighted by Crippen LogP contribution is -2.32. The highest BCUT2D eigenvalue weighted by molar-refractivity contribution is 6.46. The number of hydrogen-bond donors (Lipinski definition) is 1. The van der Waals surface area contributed by atoms with Crippen LogP contribution in [-0.4, -0.2) is 56.2 Å². The summed E-state index contributed by atoms with van der Waals surface area (Å²) in [6, 6.07) is 19.1. The van der Waals surface area contributed by atoms with Gasteiger partial charge in [-0.05, 0) is 60.0 Å². The van der Waals surface area contributed by atoms with E-state index < -0.39 is 17.7 Å². The monoisotopic (exact) mass is 517 g/mol. The Morgan fingerprint density at radius 1 is 0.921 bits per heavy atom. The Bertz CT molecular complexity index is 1350. The lowest BCUT2D eigenvalue weighted by atomic mass is 9.95. The number of carbonyl (C=O) groups is 2. The molecule has 3 aromatic carbocycles. The molecule has 3 aromatic rings. The molecule has 1 fully saturated rings. The van der Waals surface area contributed by atoms with E-state index in [0.29, 0.717) is 35.0 Å². The summed E-state index contributed by atoms with van der Waals surface area (Å²) < 4.78 is 21.8. The summed E-state index contributed by atoms with van der Waals surface area (Å²) in [6.45, 7) is 2.82. The van der Waals surface area contributed by atoms with Gasteiger partial charge in [0.1, 0.15) is 18.1 Å². The second-order valence-corrected chi connectivity index (χ2v) is 8.84. The molecule has 1 atom stereocenters. The number of nitrogens with zero attached hydrogens (tertiary/aromatic N) is 1. The second-order valence-electron chi connectivity index (χ2n) is 8.84. The molecule has 8 nitrogen and oxygen atoms in total. The molecule has 0 aromatic heterocycles. The van der Waals surface area contributed by atoms with Crippen molar-refractivity contribution in [2.24, 2.45) is 0 Å². The topological polar surface area (TPSA) is 94.5 Å². The molecule has 1 heterocycles. The molecule has 198 valence electrons. The van der Waals surface area contributed by atoms with Crippen LogP contribution >= 0.6 is 0 Å². The maximum atomic E-state index is 13.2. The normalized spacial score (nSPS) is 16.5. The highest BCUT2D eigenvalue weighted by Crippen LogP contribution is 2.42. The lowest BCUT2D eigenvalue weighted by molar-refractivity contribution is -0.140. The van der Waals surface area contributed by atoms with Crippen molar-refractivity contribution in [2.75, 3.05) is 34.5 Å². The molecule has 1 amide bonds. The van der Waals surface area contributed by atoms with Crippen LogP contribution in [0.5, 0.6) is 17.2 Å². The number of ether oxygens (including phenoxy) is 4. The number of amides is 1. The molecule has 1 aliphatic heterocycles. The number of ketones is 1. The van der Waals surface area contributed by atoms with E-state index in [1.54, 1.807) is 42.5 Å². The van der Waals surface area contributed by atoms with Crippen molar-refractivity contribution >= 4 is 17.4 Å². The summed E-state index contributed by atoms with van der Waals surface area (Å²) in [5, 5.41) is 11.3. The number of methoxy groups -OCH3 is 3. The number of hydrogen-bond acceptors (Lipinski definition) is 7. The van der Waals surface area contributed by atoms with Crippen LogP contribution in [0.4, 0.5) is 0 Å². The van der Waals surface area contributed by atoms with Crippen molar-refractivity contribution in [2.45, 2.75) is 19.6 Å². The molecule has 0 radical (unpaired) electrons. The highest BCUT2D eigenvalue weighted by Gasteiger charge is 2.46. The van der Waals surface area contributed by atoms with Gasteiger partial charge in [0.25, 0.3) is 11.7 Å². The van der Waals surface area contributed by atoms with Crippen molar-refractivity contribution in [3.63, 3.8) is 0 Å². The van der Waals surface area contributed by atoms with E-state index in [4.69, 9.17) is 18.9 Å². The number of benzene rings is 3. The summed E-state index contributed by atoms with van der Waals surface area (Å²) in [6.07, 6.45) is 0. The number of aliphatic hydroxyl groups is 1. The highest BCUT2D eigenvalue weighted by atomic mass is 16.5. The summed E-state index contributed by atoms with van der Waals surface area (Å²) in [5.74, 6) is -0.181. The molecule has 38 heavy (non-hydrogen) atoms. The Kier molecular flexibility index (Phi) is 8.33. The van der Waals surface area contributed by atoms with Crippen LogP contribution < -0.4 is 14.2 Å². The first-order chi connectivity index (χ1) is 18.4. The molecular formula is C30H31NO7. The van der Waals surface area contributed by atoms with Gasteiger partial charge in [-0.15, -0.1) is 0 Å². The first-order valence-corrected chi connectivity index (χ1v) is 12.2. The van der Waals surface area contributed by atoms with E-state index in [0.717, 1.165) is 11.1 Å². The van der Waals surface area contributed by atoms with E-state index in [9.17, 15) is 14.7 Å². The Hall–Kier alpha value is -4.30. The summed E-state index contributed by atoms with van der Waals surface area (Å²) in [5.41, 5.74) is 3.19. The molecule has 0 aliphatic carbocycles. The molecule has 4 rings (SSSR count). The Balaban J connectivity index is 1.69. The predicted octanol–water partition coefficient (Wildman–Crippen LogP) is 4.66. The largest absolute Gasteiger partial charge is 0.507 e. The molecule has 0 bridgehead atoms. The van der Waals surface area contributed by atoms with Gasteiger partial charge in [-0.2, -0.15) is 0 Å². The molecule has 0 saturated carbocycles. The fraction of sp³-hybridized carbons (Fsp3) is 0.267. The molecular weight excluding hydrogens is 486 g/mol. The van der Waals surface area contributed by atoms with Crippen molar-refractivity contribution in [1.29, 1.82) is 0 Å². The van der Waals surface area contributed by atoms with Gasteiger partial charge in [0, 0.05) is 19.2 Å². The van der Waals surface area contributed by atoms with Gasteiger partial charge in [-0.25, -0.2) is 0 Å². The molecule has 8 heteroatoms. The van der Waals surface area contributed by atoms with Gasteiger partial charge < -0.3 is 29.0 Å². The zero-order chi connectivity index (χ0) is 27.2. The predicted molar refractivity (Wildman–Crippen MR) is 142 cm³/mol. The average Bonchev–Trinajstić information content (AvgIpc) is 3.20. The van der Waals surface area contributed by atoms with Crippen LogP contribution in [0.15, 0.2) is 72.3 Å². The van der Waals surface area contributed by atoms with Crippen molar-refractivity contribution in [3.8, 4) is 17.2 Å². The number of aliphatic hydroxyl groups excluding tert-OH is 1. The van der Waals surface area contributed by atoms with Crippen LogP contribution in [0.25, 0.3) is 5.76 Å². The average molecular weight is 518 g/mol. The Morgan fingerprint density at radius 2 is 1.63 bits per heavy atom. The number of Topliss-reactive ketones (excluding diaryl/α,β-unsaturated/α-hetero) is 1. The van der Waals surface area contributed by atoms with Gasteiger partial charge in [-0.1, -0.05) is 30.3 Å². The van der Waals surface area contributed by atoms with E-state index in [-0.39, 0.29) is 24.5 Å². The molecule has 1 saturated heterocycles. The standard InChI is InChI=1S/C30H31NO7/c1-19-7-5-6-8-22(19)18-38-23-12-9-20(10-13-23)28(32)26-27(31(15-16-35-2)30(34)29(26)33)21-11-14-24(36-3)25(17-21)37-4/h5-14,17,27,32H,15-16,18H2,1-4H3/t27-/m1/s1. The molecule has 1 N–H and O–H groups in total. The van der Waals surface area contributed by atoms with Gasteiger partial charge in [0.2, 0.25) is 0 Å². The molecule has 0 unspecified atom stereocenters.